The number of carbonyl (C=O) groups is 1. The van der Waals surface area contributed by atoms with Crippen molar-refractivity contribution in [1.82, 2.24) is 14.9 Å². The van der Waals surface area contributed by atoms with E-state index in [1.807, 2.05) is 0 Å². The van der Waals surface area contributed by atoms with Crippen molar-refractivity contribution in [2.75, 3.05) is 7.11 Å². The molecule has 0 unspecified atom stereocenters. The van der Waals surface area contributed by atoms with Gasteiger partial charge in [-0.1, -0.05) is 10.6 Å². The summed E-state index contributed by atoms with van der Waals surface area (Å²) in [5.41, 5.74) is 0.775. The molecule has 1 heterocycles. The number of nitrogens with zero attached hydrogens (tertiary/aromatic N) is 2. The Labute approximate surface area is 125 Å². The van der Waals surface area contributed by atoms with Gasteiger partial charge >= 0.3 is 0 Å². The van der Waals surface area contributed by atoms with E-state index < -0.39 is 15.9 Å². The molecule has 0 saturated carbocycles. The standard InChI is InChI=1S/C11H12N4O4S2/c1-19-9-3-2-7(4-10(9)21(12,17)18)5-13-11(16)8-6-20-15-14-8/h2-4,6H,5H2,1H3,(H,13,16)(H2,12,17,18). The average molecular weight is 328 g/mol. The molecule has 0 aliphatic carbocycles. The van der Waals surface area contributed by atoms with Crippen LogP contribution in [0.25, 0.3) is 0 Å². The highest BCUT2D eigenvalue weighted by molar-refractivity contribution is 7.89. The van der Waals surface area contributed by atoms with Crippen molar-refractivity contribution in [3.05, 3.63) is 34.8 Å². The van der Waals surface area contributed by atoms with Crippen LogP contribution in [-0.2, 0) is 16.6 Å². The van der Waals surface area contributed by atoms with Gasteiger partial charge in [0.25, 0.3) is 5.91 Å². The number of sulfonamides is 1. The van der Waals surface area contributed by atoms with Gasteiger partial charge in [0.1, 0.15) is 10.6 Å². The van der Waals surface area contributed by atoms with Crippen LogP contribution in [0.1, 0.15) is 16.1 Å². The summed E-state index contributed by atoms with van der Waals surface area (Å²) in [6, 6.07) is 4.46. The molecule has 0 bridgehead atoms. The first-order valence-electron chi connectivity index (χ1n) is 5.67. The van der Waals surface area contributed by atoms with Crippen LogP contribution in [0.3, 0.4) is 0 Å². The van der Waals surface area contributed by atoms with Crippen molar-refractivity contribution < 1.29 is 17.9 Å². The molecule has 1 amide bonds. The number of methoxy groups -OCH3 is 1. The van der Waals surface area contributed by atoms with Gasteiger partial charge in [0.15, 0.2) is 5.69 Å². The van der Waals surface area contributed by atoms with Gasteiger partial charge in [0.05, 0.1) is 7.11 Å². The van der Waals surface area contributed by atoms with Gasteiger partial charge in [-0.05, 0) is 29.2 Å². The Hall–Kier alpha value is -2.04. The van der Waals surface area contributed by atoms with Gasteiger partial charge in [-0.3, -0.25) is 4.79 Å². The molecule has 1 aromatic heterocycles. The number of rotatable bonds is 5. The summed E-state index contributed by atoms with van der Waals surface area (Å²) in [6.07, 6.45) is 0. The van der Waals surface area contributed by atoms with Crippen LogP contribution in [-0.4, -0.2) is 31.0 Å². The summed E-state index contributed by atoms with van der Waals surface area (Å²) < 4.78 is 31.5. The van der Waals surface area contributed by atoms with Crippen LogP contribution < -0.4 is 15.2 Å². The van der Waals surface area contributed by atoms with E-state index >= 15 is 0 Å². The Balaban J connectivity index is 2.16. The van der Waals surface area contributed by atoms with Crippen LogP contribution in [0, 0.1) is 0 Å². The van der Waals surface area contributed by atoms with Crippen LogP contribution >= 0.6 is 11.5 Å². The molecular formula is C11H12N4O4S2. The number of ether oxygens (including phenoxy) is 1. The third-order valence-corrected chi connectivity index (χ3v) is 4.02. The van der Waals surface area contributed by atoms with Crippen LogP contribution in [0.2, 0.25) is 0 Å². The number of primary sulfonamides is 1. The quantitative estimate of drug-likeness (QED) is 0.803. The van der Waals surface area contributed by atoms with Crippen LogP contribution in [0.15, 0.2) is 28.5 Å². The van der Waals surface area contributed by atoms with Gasteiger partial charge in [-0.15, -0.1) is 5.10 Å². The summed E-state index contributed by atoms with van der Waals surface area (Å²) in [4.78, 5) is 11.6. The second-order valence-corrected chi connectivity index (χ2v) is 6.14. The summed E-state index contributed by atoms with van der Waals surface area (Å²) >= 11 is 1.07. The zero-order valence-electron chi connectivity index (χ0n) is 10.9. The molecule has 3 N–H and O–H groups in total. The van der Waals surface area contributed by atoms with E-state index in [1.54, 1.807) is 6.07 Å². The lowest BCUT2D eigenvalue weighted by atomic mass is 10.2. The van der Waals surface area contributed by atoms with Crippen molar-refractivity contribution in [2.24, 2.45) is 5.14 Å². The van der Waals surface area contributed by atoms with Crippen molar-refractivity contribution in [3.63, 3.8) is 0 Å². The number of amides is 1. The SMILES string of the molecule is COc1ccc(CNC(=O)c2csnn2)cc1S(N)(=O)=O. The lowest BCUT2D eigenvalue weighted by Crippen LogP contribution is -2.23. The lowest BCUT2D eigenvalue weighted by molar-refractivity contribution is 0.0946. The van der Waals surface area contributed by atoms with Crippen LogP contribution in [0.4, 0.5) is 0 Å². The fraction of sp³-hybridized carbons (Fsp3) is 0.182. The average Bonchev–Trinajstić information content (AvgIpc) is 2.97. The highest BCUT2D eigenvalue weighted by Crippen LogP contribution is 2.23. The second-order valence-electron chi connectivity index (χ2n) is 4.00. The smallest absolute Gasteiger partial charge is 0.273 e. The second kappa shape index (κ2) is 6.16. The number of carbonyl (C=O) groups excluding carboxylic acids is 1. The van der Waals surface area contributed by atoms with Gasteiger partial charge in [-0.25, -0.2) is 13.6 Å². The highest BCUT2D eigenvalue weighted by atomic mass is 32.2. The Bertz CT molecular complexity index is 744. The molecule has 0 aliphatic heterocycles. The third kappa shape index (κ3) is 3.74. The fourth-order valence-electron chi connectivity index (χ4n) is 1.59. The van der Waals surface area contributed by atoms with Gasteiger partial charge in [-0.2, -0.15) is 0 Å². The minimum Gasteiger partial charge on any atom is -0.495 e. The van der Waals surface area contributed by atoms with Crippen LogP contribution in [0.5, 0.6) is 5.75 Å². The molecule has 0 saturated heterocycles. The number of hydrogen-bond acceptors (Lipinski definition) is 7. The molecule has 0 fully saturated rings. The predicted molar refractivity (Wildman–Crippen MR) is 75.4 cm³/mol. The zero-order valence-corrected chi connectivity index (χ0v) is 12.6. The molecular weight excluding hydrogens is 316 g/mol. The van der Waals surface area contributed by atoms with Crippen molar-refractivity contribution in [2.45, 2.75) is 11.4 Å². The highest BCUT2D eigenvalue weighted by Gasteiger charge is 2.16. The Morgan fingerprint density at radius 1 is 1.48 bits per heavy atom. The van der Waals surface area contributed by atoms with Crippen molar-refractivity contribution in [1.29, 1.82) is 0 Å². The fourth-order valence-corrected chi connectivity index (χ4v) is 2.77. The lowest BCUT2D eigenvalue weighted by Gasteiger charge is -2.09. The molecule has 0 spiro atoms. The number of aromatic nitrogens is 2. The summed E-state index contributed by atoms with van der Waals surface area (Å²) in [7, 11) is -2.56. The summed E-state index contributed by atoms with van der Waals surface area (Å²) in [5, 5.41) is 12.9. The predicted octanol–water partition coefficient (Wildman–Crippen LogP) is 0.124. The Kier molecular flexibility index (Phi) is 4.50. The number of nitrogens with one attached hydrogen (secondary N) is 1. The maximum Gasteiger partial charge on any atom is 0.273 e. The summed E-state index contributed by atoms with van der Waals surface area (Å²) in [5.74, 6) is -0.243. The first kappa shape index (κ1) is 15.4. The normalized spacial score (nSPS) is 11.1. The van der Waals surface area contributed by atoms with E-state index in [2.05, 4.69) is 14.9 Å². The van der Waals surface area contributed by atoms with Crippen molar-refractivity contribution in [3.8, 4) is 5.75 Å². The van der Waals surface area contributed by atoms with E-state index in [0.29, 0.717) is 5.56 Å². The maximum atomic E-state index is 11.7. The molecule has 112 valence electrons. The van der Waals surface area contributed by atoms with E-state index in [0.717, 1.165) is 11.5 Å². The molecule has 8 nitrogen and oxygen atoms in total. The molecule has 2 aromatic rings. The van der Waals surface area contributed by atoms with Gasteiger partial charge in [0, 0.05) is 11.9 Å². The maximum absolute atomic E-state index is 11.7. The molecule has 0 atom stereocenters. The Morgan fingerprint density at radius 2 is 2.24 bits per heavy atom. The largest absolute Gasteiger partial charge is 0.495 e. The zero-order chi connectivity index (χ0) is 15.5. The minimum absolute atomic E-state index is 0.128. The van der Waals surface area contributed by atoms with Gasteiger partial charge in [0.2, 0.25) is 10.0 Å². The molecule has 2 rings (SSSR count). The third-order valence-electron chi connectivity index (χ3n) is 2.58. The first-order chi connectivity index (χ1) is 9.91. The number of hydrogen-bond donors (Lipinski definition) is 2. The molecule has 0 radical (unpaired) electrons. The van der Waals surface area contributed by atoms with E-state index in [9.17, 15) is 13.2 Å². The van der Waals surface area contributed by atoms with E-state index in [1.165, 1.54) is 24.6 Å². The monoisotopic (exact) mass is 328 g/mol. The summed E-state index contributed by atoms with van der Waals surface area (Å²) in [6.45, 7) is 0.128. The van der Waals surface area contributed by atoms with E-state index in [4.69, 9.17) is 9.88 Å². The number of nitrogens with two attached hydrogens (primary N) is 1. The van der Waals surface area contributed by atoms with Gasteiger partial charge < -0.3 is 10.1 Å². The Morgan fingerprint density at radius 3 is 2.81 bits per heavy atom. The minimum atomic E-state index is -3.91. The van der Waals surface area contributed by atoms with Crippen molar-refractivity contribution >= 4 is 27.5 Å². The molecule has 10 heteroatoms. The molecule has 21 heavy (non-hydrogen) atoms. The number of benzene rings is 1. The topological polar surface area (TPSA) is 124 Å². The first-order valence-corrected chi connectivity index (χ1v) is 8.05. The van der Waals surface area contributed by atoms with E-state index in [-0.39, 0.29) is 22.9 Å². The molecule has 1 aromatic carbocycles. The molecule has 0 aliphatic rings.